The van der Waals surface area contributed by atoms with Crippen molar-refractivity contribution in [3.8, 4) is 45.3 Å². The summed E-state index contributed by atoms with van der Waals surface area (Å²) in [6.07, 6.45) is 0. The van der Waals surface area contributed by atoms with Crippen LogP contribution >= 0.6 is 0 Å². The number of furan rings is 2. The molecule has 6 heteroatoms. The molecule has 4 heterocycles. The molecule has 11 rings (SSSR count). The van der Waals surface area contributed by atoms with Crippen LogP contribution in [0.3, 0.4) is 0 Å². The van der Waals surface area contributed by atoms with Gasteiger partial charge in [0, 0.05) is 43.6 Å². The number of hydrogen-bond acceptors (Lipinski definition) is 6. The molecular formula is C46H26N4O2. The van der Waals surface area contributed by atoms with Crippen molar-refractivity contribution in [2.75, 3.05) is 0 Å². The fourth-order valence-electron chi connectivity index (χ4n) is 7.52. The molecule has 11 aromatic rings. The van der Waals surface area contributed by atoms with Crippen LogP contribution < -0.4 is 0 Å². The second-order valence-electron chi connectivity index (χ2n) is 13.0. The van der Waals surface area contributed by atoms with E-state index in [1.165, 1.54) is 0 Å². The van der Waals surface area contributed by atoms with Gasteiger partial charge >= 0.3 is 0 Å². The van der Waals surface area contributed by atoms with Gasteiger partial charge in [-0.05, 0) is 64.4 Å². The van der Waals surface area contributed by atoms with Gasteiger partial charge in [0.1, 0.15) is 16.7 Å². The summed E-state index contributed by atoms with van der Waals surface area (Å²) >= 11 is 0. The number of hydrogen-bond donors (Lipinski definition) is 0. The maximum absolute atomic E-state index is 6.42. The Morgan fingerprint density at radius 2 is 0.942 bits per heavy atom. The third-order valence-corrected chi connectivity index (χ3v) is 9.92. The molecule has 0 aliphatic rings. The lowest BCUT2D eigenvalue weighted by molar-refractivity contribution is 0.656. The van der Waals surface area contributed by atoms with Gasteiger partial charge in [0.05, 0.1) is 5.52 Å². The topological polar surface area (TPSA) is 77.8 Å². The molecular weight excluding hydrogens is 641 g/mol. The molecule has 0 bridgehead atoms. The first-order valence-corrected chi connectivity index (χ1v) is 17.2. The predicted octanol–water partition coefficient (Wildman–Crippen LogP) is 12.0. The molecule has 0 radical (unpaired) electrons. The van der Waals surface area contributed by atoms with E-state index < -0.39 is 0 Å². The highest BCUT2D eigenvalue weighted by Crippen LogP contribution is 2.43. The Morgan fingerprint density at radius 3 is 1.77 bits per heavy atom. The third kappa shape index (κ3) is 4.44. The highest BCUT2D eigenvalue weighted by atomic mass is 16.3. The highest BCUT2D eigenvalue weighted by Gasteiger charge is 2.22. The molecule has 0 amide bonds. The number of para-hydroxylation sites is 2. The minimum atomic E-state index is 0.572. The maximum atomic E-state index is 6.42. The molecule has 0 atom stereocenters. The van der Waals surface area contributed by atoms with Gasteiger partial charge in [0.2, 0.25) is 5.71 Å². The largest absolute Gasteiger partial charge is 0.456 e. The SMILES string of the molecule is c1ccc(-c2nc(-c3cc4ccccc4cc3-c3cccc4oc5nc6ccccc6cc5c34)nc(-c3cccc4oc5ccccc5c34)n2)cc1. The van der Waals surface area contributed by atoms with Crippen LogP contribution in [0.1, 0.15) is 0 Å². The Balaban J connectivity index is 1.23. The number of fused-ring (bicyclic) bond motifs is 8. The normalized spacial score (nSPS) is 11.8. The van der Waals surface area contributed by atoms with Crippen LogP contribution in [0.4, 0.5) is 0 Å². The van der Waals surface area contributed by atoms with E-state index in [1.807, 2.05) is 91.0 Å². The quantitative estimate of drug-likeness (QED) is 0.186. The average molecular weight is 667 g/mol. The molecule has 0 fully saturated rings. The summed E-state index contributed by atoms with van der Waals surface area (Å²) in [5, 5.41) is 7.21. The predicted molar refractivity (Wildman–Crippen MR) is 209 cm³/mol. The first kappa shape index (κ1) is 28.6. The zero-order valence-electron chi connectivity index (χ0n) is 27.6. The van der Waals surface area contributed by atoms with Crippen molar-refractivity contribution in [3.05, 3.63) is 158 Å². The molecule has 242 valence electrons. The molecule has 0 unspecified atom stereocenters. The molecule has 0 spiro atoms. The van der Waals surface area contributed by atoms with Crippen LogP contribution in [0.15, 0.2) is 167 Å². The van der Waals surface area contributed by atoms with Crippen LogP contribution in [0.25, 0.3) is 111 Å². The van der Waals surface area contributed by atoms with E-state index in [9.17, 15) is 0 Å². The van der Waals surface area contributed by atoms with Gasteiger partial charge in [-0.25, -0.2) is 19.9 Å². The second kappa shape index (κ2) is 11.2. The Kier molecular flexibility index (Phi) is 6.15. The van der Waals surface area contributed by atoms with E-state index in [4.69, 9.17) is 28.8 Å². The molecule has 0 aliphatic heterocycles. The molecule has 6 nitrogen and oxygen atoms in total. The minimum absolute atomic E-state index is 0.572. The molecule has 4 aromatic heterocycles. The number of nitrogens with zero attached hydrogens (tertiary/aromatic N) is 4. The van der Waals surface area contributed by atoms with Gasteiger partial charge in [0.25, 0.3) is 0 Å². The van der Waals surface area contributed by atoms with Crippen molar-refractivity contribution in [2.24, 2.45) is 0 Å². The van der Waals surface area contributed by atoms with Crippen LogP contribution in [0, 0.1) is 0 Å². The lowest BCUT2D eigenvalue weighted by Gasteiger charge is -2.14. The van der Waals surface area contributed by atoms with Gasteiger partial charge in [0.15, 0.2) is 17.5 Å². The van der Waals surface area contributed by atoms with Crippen molar-refractivity contribution in [1.82, 2.24) is 19.9 Å². The van der Waals surface area contributed by atoms with E-state index in [-0.39, 0.29) is 0 Å². The minimum Gasteiger partial charge on any atom is -0.456 e. The van der Waals surface area contributed by atoms with E-state index in [2.05, 4.69) is 66.7 Å². The fraction of sp³-hybridized carbons (Fsp3) is 0. The first-order valence-electron chi connectivity index (χ1n) is 17.2. The smallest absolute Gasteiger partial charge is 0.227 e. The number of rotatable bonds is 4. The Hall–Kier alpha value is -7.18. The molecule has 7 aromatic carbocycles. The first-order chi connectivity index (χ1) is 25.7. The Labute approximate surface area is 296 Å². The van der Waals surface area contributed by atoms with Gasteiger partial charge in [-0.15, -0.1) is 0 Å². The molecule has 52 heavy (non-hydrogen) atoms. The second-order valence-corrected chi connectivity index (χ2v) is 13.0. The summed E-state index contributed by atoms with van der Waals surface area (Å²) in [7, 11) is 0. The van der Waals surface area contributed by atoms with Gasteiger partial charge in [-0.2, -0.15) is 0 Å². The Bertz CT molecular complexity index is 3200. The summed E-state index contributed by atoms with van der Waals surface area (Å²) in [6, 6.07) is 53.6. The maximum Gasteiger partial charge on any atom is 0.227 e. The average Bonchev–Trinajstić information content (AvgIpc) is 3.77. The lowest BCUT2D eigenvalue weighted by Crippen LogP contribution is -2.01. The van der Waals surface area contributed by atoms with Crippen LogP contribution in [0.2, 0.25) is 0 Å². The monoisotopic (exact) mass is 666 g/mol. The van der Waals surface area contributed by atoms with Gasteiger partial charge < -0.3 is 8.83 Å². The third-order valence-electron chi connectivity index (χ3n) is 9.92. The van der Waals surface area contributed by atoms with Crippen molar-refractivity contribution in [3.63, 3.8) is 0 Å². The molecule has 0 saturated heterocycles. The summed E-state index contributed by atoms with van der Waals surface area (Å²) in [4.78, 5) is 20.5. The summed E-state index contributed by atoms with van der Waals surface area (Å²) in [5.74, 6) is 1.73. The van der Waals surface area contributed by atoms with Crippen LogP contribution in [-0.2, 0) is 0 Å². The molecule has 0 aliphatic carbocycles. The number of pyridine rings is 1. The summed E-state index contributed by atoms with van der Waals surface area (Å²) in [5.41, 5.74) is 8.56. The van der Waals surface area contributed by atoms with Crippen LogP contribution in [0.5, 0.6) is 0 Å². The van der Waals surface area contributed by atoms with Crippen molar-refractivity contribution >= 4 is 65.7 Å². The summed E-state index contributed by atoms with van der Waals surface area (Å²) in [6.45, 7) is 0. The van der Waals surface area contributed by atoms with Crippen molar-refractivity contribution in [1.29, 1.82) is 0 Å². The van der Waals surface area contributed by atoms with Crippen LogP contribution in [-0.4, -0.2) is 19.9 Å². The van der Waals surface area contributed by atoms with Crippen molar-refractivity contribution < 1.29 is 8.83 Å². The molecule has 0 N–H and O–H groups in total. The van der Waals surface area contributed by atoms with Gasteiger partial charge in [-0.3, -0.25) is 0 Å². The van der Waals surface area contributed by atoms with E-state index in [0.29, 0.717) is 23.2 Å². The molecule has 0 saturated carbocycles. The lowest BCUT2D eigenvalue weighted by atomic mass is 9.92. The van der Waals surface area contributed by atoms with E-state index >= 15 is 0 Å². The van der Waals surface area contributed by atoms with E-state index in [0.717, 1.165) is 87.8 Å². The van der Waals surface area contributed by atoms with E-state index in [1.54, 1.807) is 0 Å². The number of aromatic nitrogens is 4. The summed E-state index contributed by atoms with van der Waals surface area (Å²) < 4.78 is 12.7. The van der Waals surface area contributed by atoms with Gasteiger partial charge in [-0.1, -0.05) is 115 Å². The highest BCUT2D eigenvalue weighted by molar-refractivity contribution is 6.16. The Morgan fingerprint density at radius 1 is 0.346 bits per heavy atom. The zero-order valence-corrected chi connectivity index (χ0v) is 27.6. The number of benzene rings is 7. The fourth-order valence-corrected chi connectivity index (χ4v) is 7.52. The zero-order chi connectivity index (χ0) is 34.2. The van der Waals surface area contributed by atoms with Crippen molar-refractivity contribution in [2.45, 2.75) is 0 Å². The standard InChI is InChI=1S/C46H26N4O2/c1-2-12-27(13-3-1)43-48-44(33-19-11-22-39-42(33)32-17-7-9-21-38(32)51-39)50-45(49-43)35-25-29-15-5-4-14-28(29)24-34(35)31-18-10-23-40-41(31)36-26-30-16-6-8-20-37(30)47-46(36)52-40/h1-26H.